The zero-order chi connectivity index (χ0) is 15.2. The van der Waals surface area contributed by atoms with Crippen LogP contribution in [0.5, 0.6) is 0 Å². The van der Waals surface area contributed by atoms with Gasteiger partial charge in [0.25, 0.3) is 0 Å². The minimum absolute atomic E-state index is 0.462. The van der Waals surface area contributed by atoms with Gasteiger partial charge in [0.1, 0.15) is 0 Å². The van der Waals surface area contributed by atoms with Gasteiger partial charge in [0.05, 0.1) is 17.9 Å². The van der Waals surface area contributed by atoms with Gasteiger partial charge in [0.15, 0.2) is 0 Å². The van der Waals surface area contributed by atoms with Gasteiger partial charge in [-0.25, -0.2) is 0 Å². The maximum atomic E-state index is 4.51. The molecule has 4 heteroatoms. The topological polar surface area (TPSA) is 34.8 Å². The summed E-state index contributed by atoms with van der Waals surface area (Å²) in [5, 5.41) is 8.12. The molecule has 0 saturated carbocycles. The van der Waals surface area contributed by atoms with E-state index in [0.717, 1.165) is 31.6 Å². The summed E-state index contributed by atoms with van der Waals surface area (Å²) in [5.41, 5.74) is 3.79. The Labute approximate surface area is 128 Å². The van der Waals surface area contributed by atoms with E-state index in [1.54, 1.807) is 0 Å². The molecule has 0 amide bonds. The van der Waals surface area contributed by atoms with Gasteiger partial charge in [-0.1, -0.05) is 20.8 Å². The first kappa shape index (κ1) is 15.8. The van der Waals surface area contributed by atoms with Crippen LogP contribution in [0.2, 0.25) is 0 Å². The number of rotatable bonds is 8. The maximum absolute atomic E-state index is 4.51. The molecule has 0 spiro atoms. The van der Waals surface area contributed by atoms with Gasteiger partial charge in [0.2, 0.25) is 0 Å². The third-order valence-corrected chi connectivity index (χ3v) is 3.96. The van der Waals surface area contributed by atoms with E-state index >= 15 is 0 Å². The molecule has 0 radical (unpaired) electrons. The molecule has 0 aliphatic rings. The van der Waals surface area contributed by atoms with E-state index in [2.05, 4.69) is 60.3 Å². The van der Waals surface area contributed by atoms with Crippen LogP contribution in [-0.2, 0) is 20.0 Å². The Morgan fingerprint density at radius 2 is 2.10 bits per heavy atom. The van der Waals surface area contributed by atoms with Crippen molar-refractivity contribution in [2.45, 2.75) is 52.6 Å². The minimum Gasteiger partial charge on any atom is -0.348 e. The molecule has 0 aromatic carbocycles. The van der Waals surface area contributed by atoms with Crippen molar-refractivity contribution in [2.75, 3.05) is 6.54 Å². The number of aryl methyl sites for hydroxylation is 2. The van der Waals surface area contributed by atoms with E-state index in [0.29, 0.717) is 6.04 Å². The molecule has 2 aromatic heterocycles. The zero-order valence-corrected chi connectivity index (χ0v) is 13.8. The Morgan fingerprint density at radius 3 is 2.71 bits per heavy atom. The van der Waals surface area contributed by atoms with E-state index in [1.807, 2.05) is 11.7 Å². The Bertz CT molecular complexity index is 553. The molecule has 1 N–H and O–H groups in total. The average Bonchev–Trinajstić information content (AvgIpc) is 3.08. The van der Waals surface area contributed by atoms with E-state index < -0.39 is 0 Å². The van der Waals surface area contributed by atoms with E-state index in [-0.39, 0.29) is 0 Å². The number of hydrogen-bond acceptors (Lipinski definition) is 2. The summed E-state index contributed by atoms with van der Waals surface area (Å²) in [6, 6.07) is 4.89. The molecular formula is C17H28N4. The number of nitrogens with one attached hydrogen (secondary N) is 1. The van der Waals surface area contributed by atoms with Gasteiger partial charge in [0, 0.05) is 25.5 Å². The van der Waals surface area contributed by atoms with Crippen molar-refractivity contribution in [3.05, 3.63) is 41.5 Å². The van der Waals surface area contributed by atoms with Crippen molar-refractivity contribution in [3.63, 3.8) is 0 Å². The summed E-state index contributed by atoms with van der Waals surface area (Å²) in [6.07, 6.45) is 7.71. The highest BCUT2D eigenvalue weighted by Crippen LogP contribution is 2.18. The molecule has 0 bridgehead atoms. The lowest BCUT2D eigenvalue weighted by molar-refractivity contribution is 0.517. The Balaban J connectivity index is 2.06. The number of nitrogens with zero attached hydrogens (tertiary/aromatic N) is 3. The molecule has 1 atom stereocenters. The molecule has 4 nitrogen and oxygen atoms in total. The van der Waals surface area contributed by atoms with Gasteiger partial charge >= 0.3 is 0 Å². The first-order valence-corrected chi connectivity index (χ1v) is 8.08. The van der Waals surface area contributed by atoms with Crippen LogP contribution in [0.4, 0.5) is 0 Å². The molecule has 0 aliphatic heterocycles. The molecule has 2 rings (SSSR count). The van der Waals surface area contributed by atoms with Gasteiger partial charge in [-0.2, -0.15) is 5.10 Å². The summed E-state index contributed by atoms with van der Waals surface area (Å²) in [7, 11) is 2.02. The fourth-order valence-electron chi connectivity index (χ4n) is 2.66. The van der Waals surface area contributed by atoms with Crippen molar-refractivity contribution in [1.29, 1.82) is 0 Å². The van der Waals surface area contributed by atoms with Crippen molar-refractivity contribution in [2.24, 2.45) is 7.05 Å². The van der Waals surface area contributed by atoms with Crippen molar-refractivity contribution >= 4 is 0 Å². The summed E-state index contributed by atoms with van der Waals surface area (Å²) in [6.45, 7) is 8.54. The highest BCUT2D eigenvalue weighted by atomic mass is 15.3. The lowest BCUT2D eigenvalue weighted by atomic mass is 10.1. The van der Waals surface area contributed by atoms with Crippen LogP contribution < -0.4 is 5.32 Å². The largest absolute Gasteiger partial charge is 0.348 e. The van der Waals surface area contributed by atoms with Crippen molar-refractivity contribution in [1.82, 2.24) is 19.7 Å². The summed E-state index contributed by atoms with van der Waals surface area (Å²) < 4.78 is 4.24. The van der Waals surface area contributed by atoms with Gasteiger partial charge in [-0.3, -0.25) is 4.68 Å². The van der Waals surface area contributed by atoms with Crippen LogP contribution in [-0.4, -0.2) is 20.9 Å². The Morgan fingerprint density at radius 1 is 1.29 bits per heavy atom. The smallest absolute Gasteiger partial charge is 0.0639 e. The van der Waals surface area contributed by atoms with E-state index in [9.17, 15) is 0 Å². The van der Waals surface area contributed by atoms with Crippen LogP contribution in [0.3, 0.4) is 0 Å². The van der Waals surface area contributed by atoms with Crippen LogP contribution in [0, 0.1) is 0 Å². The quantitative estimate of drug-likeness (QED) is 0.809. The SMILES string of the molecule is CCCNC(CC)c1ccn(Cc2cc(CC)nn2C)c1. The number of aromatic nitrogens is 3. The molecule has 116 valence electrons. The summed E-state index contributed by atoms with van der Waals surface area (Å²) in [5.74, 6) is 0. The molecule has 0 saturated heterocycles. The molecule has 2 aromatic rings. The van der Waals surface area contributed by atoms with Crippen LogP contribution in [0.25, 0.3) is 0 Å². The summed E-state index contributed by atoms with van der Waals surface area (Å²) >= 11 is 0. The third-order valence-electron chi connectivity index (χ3n) is 3.96. The standard InChI is InChI=1S/C17H28N4/c1-5-9-18-17(7-3)14-8-10-21(12-14)13-16-11-15(6-2)19-20(16)4/h8,10-12,17-18H,5-7,9,13H2,1-4H3. The molecular weight excluding hydrogens is 260 g/mol. The Kier molecular flexibility index (Phi) is 5.62. The second-order valence-electron chi connectivity index (χ2n) is 5.64. The molecule has 0 aliphatic carbocycles. The fraction of sp³-hybridized carbons (Fsp3) is 0.588. The van der Waals surface area contributed by atoms with Crippen molar-refractivity contribution < 1.29 is 0 Å². The van der Waals surface area contributed by atoms with E-state index in [1.165, 1.54) is 17.7 Å². The second kappa shape index (κ2) is 7.46. The normalized spacial score (nSPS) is 12.8. The van der Waals surface area contributed by atoms with Crippen LogP contribution in [0.15, 0.2) is 24.5 Å². The van der Waals surface area contributed by atoms with Gasteiger partial charge in [-0.05, 0) is 43.5 Å². The lowest BCUT2D eigenvalue weighted by Gasteiger charge is -2.15. The summed E-state index contributed by atoms with van der Waals surface area (Å²) in [4.78, 5) is 0. The predicted octanol–water partition coefficient (Wildman–Crippen LogP) is 3.28. The zero-order valence-electron chi connectivity index (χ0n) is 13.8. The monoisotopic (exact) mass is 288 g/mol. The second-order valence-corrected chi connectivity index (χ2v) is 5.64. The average molecular weight is 288 g/mol. The van der Waals surface area contributed by atoms with Crippen LogP contribution >= 0.6 is 0 Å². The first-order chi connectivity index (χ1) is 10.2. The fourth-order valence-corrected chi connectivity index (χ4v) is 2.66. The molecule has 21 heavy (non-hydrogen) atoms. The minimum atomic E-state index is 0.462. The van der Waals surface area contributed by atoms with Crippen LogP contribution in [0.1, 0.15) is 56.6 Å². The lowest BCUT2D eigenvalue weighted by Crippen LogP contribution is -2.21. The van der Waals surface area contributed by atoms with Crippen molar-refractivity contribution in [3.8, 4) is 0 Å². The van der Waals surface area contributed by atoms with Gasteiger partial charge in [-0.15, -0.1) is 0 Å². The Hall–Kier alpha value is -1.55. The maximum Gasteiger partial charge on any atom is 0.0639 e. The predicted molar refractivity (Wildman–Crippen MR) is 87.4 cm³/mol. The number of hydrogen-bond donors (Lipinski definition) is 1. The highest BCUT2D eigenvalue weighted by molar-refractivity contribution is 5.17. The highest BCUT2D eigenvalue weighted by Gasteiger charge is 2.10. The molecule has 2 heterocycles. The third kappa shape index (κ3) is 3.97. The van der Waals surface area contributed by atoms with Gasteiger partial charge < -0.3 is 9.88 Å². The first-order valence-electron chi connectivity index (χ1n) is 8.08. The van der Waals surface area contributed by atoms with E-state index in [4.69, 9.17) is 0 Å². The molecule has 0 fully saturated rings. The molecule has 1 unspecified atom stereocenters.